The highest BCUT2D eigenvalue weighted by molar-refractivity contribution is 7.86. The number of fused-ring (bicyclic) bond motifs is 2. The molecule has 0 atom stereocenters. The van der Waals surface area contributed by atoms with Crippen LogP contribution >= 0.6 is 0 Å². The number of benzene rings is 3. The number of rotatable bonds is 12. The molecule has 41 heavy (non-hydrogen) atoms. The SMILES string of the molecule is CCN(CC)c1ccc2c(-c3ccc(CNCCN=C=O)cc3S(=O)(=O)O)c3ccc(=[N+](CC)CC)cc-3oc2c1. The lowest BCUT2D eigenvalue weighted by molar-refractivity contribution is 0.483. The molecule has 9 nitrogen and oxygen atoms in total. The summed E-state index contributed by atoms with van der Waals surface area (Å²) in [6.45, 7) is 12.7. The Hall–Kier alpha value is -3.82. The molecule has 0 bridgehead atoms. The highest BCUT2D eigenvalue weighted by atomic mass is 32.2. The van der Waals surface area contributed by atoms with E-state index < -0.39 is 10.1 Å². The molecular weight excluding hydrogens is 540 g/mol. The zero-order chi connectivity index (χ0) is 29.6. The van der Waals surface area contributed by atoms with Crippen molar-refractivity contribution in [1.29, 1.82) is 0 Å². The highest BCUT2D eigenvalue weighted by Crippen LogP contribution is 2.43. The number of isocyanates is 1. The Morgan fingerprint density at radius 1 is 0.976 bits per heavy atom. The first-order valence-corrected chi connectivity index (χ1v) is 15.4. The van der Waals surface area contributed by atoms with Gasteiger partial charge in [-0.1, -0.05) is 12.1 Å². The van der Waals surface area contributed by atoms with Crippen LogP contribution < -0.4 is 20.1 Å². The number of carbonyl (C=O) groups excluding carboxylic acids is 1. The number of hydrogen-bond donors (Lipinski definition) is 2. The first-order valence-electron chi connectivity index (χ1n) is 13.9. The second-order valence-corrected chi connectivity index (χ2v) is 11.0. The van der Waals surface area contributed by atoms with E-state index >= 15 is 0 Å². The van der Waals surface area contributed by atoms with Gasteiger partial charge in [0.25, 0.3) is 10.1 Å². The van der Waals surface area contributed by atoms with Crippen molar-refractivity contribution in [2.24, 2.45) is 4.99 Å². The average Bonchev–Trinajstić information content (AvgIpc) is 2.96. The summed E-state index contributed by atoms with van der Waals surface area (Å²) in [5.41, 5.74) is 4.10. The van der Waals surface area contributed by atoms with E-state index in [0.717, 1.165) is 48.2 Å². The van der Waals surface area contributed by atoms with Crippen LogP contribution in [-0.2, 0) is 21.5 Å². The summed E-state index contributed by atoms with van der Waals surface area (Å²) < 4.78 is 44.6. The predicted octanol–water partition coefficient (Wildman–Crippen LogP) is 4.53. The molecule has 0 saturated carbocycles. The maximum Gasteiger partial charge on any atom is 0.295 e. The standard InChI is InChI=1S/C31H36N4O5S/c1-5-34(6-2)23-10-13-25-28(18-23)40-29-19-24(35(7-3)8-4)11-14-26(29)31(25)27-12-9-22(17-30(27)41(37,38)39)20-32-15-16-33-21-36/h9-14,17-19,32H,5-8,15-16,20H2,1-4H3/p+1. The third-order valence-corrected chi connectivity index (χ3v) is 8.23. The molecule has 2 aliphatic rings. The molecule has 216 valence electrons. The minimum absolute atomic E-state index is 0.183. The van der Waals surface area contributed by atoms with E-state index in [1.165, 1.54) is 12.1 Å². The van der Waals surface area contributed by atoms with Gasteiger partial charge in [0.2, 0.25) is 11.4 Å². The topological polar surface area (TPSA) is 115 Å². The van der Waals surface area contributed by atoms with Gasteiger partial charge < -0.3 is 14.6 Å². The Kier molecular flexibility index (Phi) is 9.73. The molecule has 0 unspecified atom stereocenters. The van der Waals surface area contributed by atoms with E-state index in [4.69, 9.17) is 4.42 Å². The smallest absolute Gasteiger partial charge is 0.295 e. The van der Waals surface area contributed by atoms with Crippen LogP contribution in [0.15, 0.2) is 68.9 Å². The van der Waals surface area contributed by atoms with Gasteiger partial charge in [-0.15, -0.1) is 0 Å². The lowest BCUT2D eigenvalue weighted by Crippen LogP contribution is -2.29. The summed E-state index contributed by atoms with van der Waals surface area (Å²) >= 11 is 0. The molecule has 10 heteroatoms. The second-order valence-electron chi connectivity index (χ2n) is 9.64. The minimum Gasteiger partial charge on any atom is -0.456 e. The Morgan fingerprint density at radius 3 is 2.37 bits per heavy atom. The quantitative estimate of drug-likeness (QED) is 0.0635. The van der Waals surface area contributed by atoms with Gasteiger partial charge in [0, 0.05) is 66.1 Å². The number of hydrogen-bond acceptors (Lipinski definition) is 7. The molecule has 1 aliphatic carbocycles. The average molecular weight is 578 g/mol. The van der Waals surface area contributed by atoms with Crippen molar-refractivity contribution >= 4 is 32.9 Å². The van der Waals surface area contributed by atoms with E-state index in [9.17, 15) is 17.8 Å². The van der Waals surface area contributed by atoms with Crippen molar-refractivity contribution in [3.05, 3.63) is 65.5 Å². The van der Waals surface area contributed by atoms with E-state index in [0.29, 0.717) is 41.1 Å². The number of anilines is 1. The maximum atomic E-state index is 12.7. The number of nitrogens with one attached hydrogen (secondary N) is 1. The van der Waals surface area contributed by atoms with Crippen molar-refractivity contribution in [1.82, 2.24) is 9.89 Å². The van der Waals surface area contributed by atoms with Gasteiger partial charge in [0.05, 0.1) is 12.6 Å². The summed E-state index contributed by atoms with van der Waals surface area (Å²) in [5, 5.41) is 4.86. The molecule has 0 radical (unpaired) electrons. The van der Waals surface area contributed by atoms with Gasteiger partial charge in [0.15, 0.2) is 0 Å². The Labute approximate surface area is 240 Å². The Balaban J connectivity index is 2.00. The molecule has 1 heterocycles. The fourth-order valence-corrected chi connectivity index (χ4v) is 5.99. The van der Waals surface area contributed by atoms with Crippen LogP contribution in [0.5, 0.6) is 0 Å². The van der Waals surface area contributed by atoms with Crippen molar-refractivity contribution in [2.75, 3.05) is 44.2 Å². The van der Waals surface area contributed by atoms with Crippen LogP contribution in [0.4, 0.5) is 5.69 Å². The van der Waals surface area contributed by atoms with Crippen molar-refractivity contribution in [3.63, 3.8) is 0 Å². The molecular formula is C31H37N4O5S+. The third-order valence-electron chi connectivity index (χ3n) is 7.33. The first kappa shape index (κ1) is 30.1. The van der Waals surface area contributed by atoms with Crippen LogP contribution in [0, 0.1) is 0 Å². The summed E-state index contributed by atoms with van der Waals surface area (Å²) in [4.78, 5) is 15.8. The van der Waals surface area contributed by atoms with Gasteiger partial charge in [0.1, 0.15) is 29.3 Å². The largest absolute Gasteiger partial charge is 0.456 e. The van der Waals surface area contributed by atoms with Gasteiger partial charge >= 0.3 is 0 Å². The minimum atomic E-state index is -4.58. The molecule has 0 spiro atoms. The van der Waals surface area contributed by atoms with E-state index in [-0.39, 0.29) is 11.4 Å². The summed E-state index contributed by atoms with van der Waals surface area (Å²) in [6, 6.07) is 17.0. The molecule has 0 saturated heterocycles. The van der Waals surface area contributed by atoms with E-state index in [2.05, 4.69) is 47.5 Å². The van der Waals surface area contributed by atoms with Crippen LogP contribution in [0.3, 0.4) is 0 Å². The van der Waals surface area contributed by atoms with Crippen LogP contribution in [0.1, 0.15) is 33.3 Å². The van der Waals surface area contributed by atoms with Crippen LogP contribution in [-0.4, -0.2) is 58.3 Å². The van der Waals surface area contributed by atoms with Gasteiger partial charge in [-0.25, -0.2) is 14.4 Å². The summed E-state index contributed by atoms with van der Waals surface area (Å²) in [5.74, 6) is 0.622. The zero-order valence-electron chi connectivity index (χ0n) is 24.0. The highest BCUT2D eigenvalue weighted by Gasteiger charge is 2.25. The third kappa shape index (κ3) is 6.57. The molecule has 2 aromatic carbocycles. The molecule has 0 fully saturated rings. The predicted molar refractivity (Wildman–Crippen MR) is 163 cm³/mol. The number of aliphatic imine (C=N–C) groups is 1. The lowest BCUT2D eigenvalue weighted by Gasteiger charge is -2.22. The zero-order valence-corrected chi connectivity index (χ0v) is 24.8. The number of nitrogens with zero attached hydrogens (tertiary/aromatic N) is 3. The van der Waals surface area contributed by atoms with E-state index in [1.54, 1.807) is 6.07 Å². The summed E-state index contributed by atoms with van der Waals surface area (Å²) in [7, 11) is -4.58. The molecule has 4 rings (SSSR count). The van der Waals surface area contributed by atoms with Gasteiger partial charge in [-0.05, 0) is 57.5 Å². The Bertz CT molecular complexity index is 1730. The van der Waals surface area contributed by atoms with Crippen molar-refractivity contribution < 1.29 is 22.2 Å². The first-order chi connectivity index (χ1) is 19.7. The van der Waals surface area contributed by atoms with E-state index in [1.807, 2.05) is 42.5 Å². The van der Waals surface area contributed by atoms with Crippen molar-refractivity contribution in [2.45, 2.75) is 39.1 Å². The normalized spacial score (nSPS) is 11.5. The monoisotopic (exact) mass is 577 g/mol. The molecule has 0 aromatic heterocycles. The van der Waals surface area contributed by atoms with Gasteiger partial charge in [-0.3, -0.25) is 4.55 Å². The lowest BCUT2D eigenvalue weighted by atomic mass is 9.92. The maximum absolute atomic E-state index is 12.7. The fourth-order valence-electron chi connectivity index (χ4n) is 5.24. The van der Waals surface area contributed by atoms with Crippen LogP contribution in [0.2, 0.25) is 0 Å². The second kappa shape index (κ2) is 13.2. The molecule has 2 aromatic rings. The Morgan fingerprint density at radius 2 is 1.71 bits per heavy atom. The fraction of sp³-hybridized carbons (Fsp3) is 0.355. The van der Waals surface area contributed by atoms with Crippen LogP contribution in [0.25, 0.3) is 33.4 Å². The van der Waals surface area contributed by atoms with Gasteiger partial charge in [-0.2, -0.15) is 8.42 Å². The molecule has 2 N–H and O–H groups in total. The summed E-state index contributed by atoms with van der Waals surface area (Å²) in [6.07, 6.45) is 1.49. The molecule has 0 amide bonds. The van der Waals surface area contributed by atoms with Crippen molar-refractivity contribution in [3.8, 4) is 22.5 Å². The molecule has 1 aliphatic heterocycles.